The number of aliphatic hydroxyl groups is 1. The first-order valence-corrected chi connectivity index (χ1v) is 12.2. The summed E-state index contributed by atoms with van der Waals surface area (Å²) in [5.74, 6) is 0. The standard InChI is InChI=1S/C25H28NO7P/c27-16-24(26-25(28)30-17-21-10-4-1-5-11-21)20-33-34(29,31-18-22-12-6-2-7-13-22)32-19-23-14-8-3-9-15-23/h1-15,24,27H,16-20H2,(H,26,28). The molecule has 1 unspecified atom stereocenters. The predicted molar refractivity (Wildman–Crippen MR) is 127 cm³/mol. The zero-order valence-corrected chi connectivity index (χ0v) is 19.5. The Balaban J connectivity index is 1.55. The van der Waals surface area contributed by atoms with Crippen LogP contribution < -0.4 is 5.32 Å². The maximum absolute atomic E-state index is 13.3. The molecule has 0 fully saturated rings. The molecule has 0 aliphatic heterocycles. The topological polar surface area (TPSA) is 103 Å². The van der Waals surface area contributed by atoms with E-state index in [1.807, 2.05) is 91.0 Å². The van der Waals surface area contributed by atoms with Gasteiger partial charge in [-0.1, -0.05) is 91.0 Å². The van der Waals surface area contributed by atoms with Gasteiger partial charge in [0.2, 0.25) is 0 Å². The number of hydrogen-bond donors (Lipinski definition) is 2. The second kappa shape index (κ2) is 13.6. The smallest absolute Gasteiger partial charge is 0.445 e. The molecule has 2 N–H and O–H groups in total. The zero-order chi connectivity index (χ0) is 24.1. The minimum Gasteiger partial charge on any atom is -0.445 e. The first-order chi connectivity index (χ1) is 16.6. The summed E-state index contributed by atoms with van der Waals surface area (Å²) in [4.78, 5) is 12.1. The number of amides is 1. The van der Waals surface area contributed by atoms with Crippen LogP contribution in [0.5, 0.6) is 0 Å². The number of phosphoric ester groups is 1. The Morgan fingerprint density at radius 2 is 1.18 bits per heavy atom. The van der Waals surface area contributed by atoms with Crippen LogP contribution in [-0.4, -0.2) is 30.5 Å². The van der Waals surface area contributed by atoms with Gasteiger partial charge in [0.25, 0.3) is 0 Å². The lowest BCUT2D eigenvalue weighted by Crippen LogP contribution is -2.41. The molecule has 3 rings (SSSR count). The number of alkyl carbamates (subject to hydrolysis) is 1. The summed E-state index contributed by atoms with van der Waals surface area (Å²) in [6, 6.07) is 26.7. The summed E-state index contributed by atoms with van der Waals surface area (Å²) < 4.78 is 35.0. The van der Waals surface area contributed by atoms with Crippen LogP contribution in [0.25, 0.3) is 0 Å². The molecule has 0 saturated carbocycles. The fourth-order valence-corrected chi connectivity index (χ4v) is 4.02. The van der Waals surface area contributed by atoms with Gasteiger partial charge in [0.1, 0.15) is 6.61 Å². The number of rotatable bonds is 13. The van der Waals surface area contributed by atoms with Gasteiger partial charge in [-0.05, 0) is 16.7 Å². The molecular weight excluding hydrogens is 457 g/mol. The van der Waals surface area contributed by atoms with Crippen LogP contribution in [0.4, 0.5) is 4.79 Å². The lowest BCUT2D eigenvalue weighted by Gasteiger charge is -2.21. The SMILES string of the molecule is O=C(NC(CO)COP(=O)(OCc1ccccc1)OCc1ccccc1)OCc1ccccc1. The van der Waals surface area contributed by atoms with Crippen molar-refractivity contribution in [1.29, 1.82) is 0 Å². The molecule has 0 radical (unpaired) electrons. The van der Waals surface area contributed by atoms with Gasteiger partial charge in [-0.15, -0.1) is 0 Å². The fraction of sp³-hybridized carbons (Fsp3) is 0.240. The largest absolute Gasteiger partial charge is 0.475 e. The van der Waals surface area contributed by atoms with E-state index in [1.54, 1.807) is 0 Å². The van der Waals surface area contributed by atoms with E-state index in [4.69, 9.17) is 18.3 Å². The number of ether oxygens (including phenoxy) is 1. The molecule has 3 aromatic carbocycles. The second-order valence-corrected chi connectivity index (χ2v) is 9.02. The molecule has 8 nitrogen and oxygen atoms in total. The van der Waals surface area contributed by atoms with Gasteiger partial charge in [0.05, 0.1) is 32.5 Å². The minimum absolute atomic E-state index is 0.00322. The molecule has 0 aromatic heterocycles. The Morgan fingerprint density at radius 3 is 1.62 bits per heavy atom. The van der Waals surface area contributed by atoms with E-state index >= 15 is 0 Å². The van der Waals surface area contributed by atoms with Crippen molar-refractivity contribution in [2.24, 2.45) is 0 Å². The lowest BCUT2D eigenvalue weighted by atomic mass is 10.2. The quantitative estimate of drug-likeness (QED) is 0.334. The first-order valence-electron chi connectivity index (χ1n) is 10.8. The van der Waals surface area contributed by atoms with Crippen molar-refractivity contribution in [2.75, 3.05) is 13.2 Å². The highest BCUT2D eigenvalue weighted by atomic mass is 31.2. The van der Waals surface area contributed by atoms with Crippen LogP contribution in [0.3, 0.4) is 0 Å². The Kier molecular flexibility index (Phi) is 10.3. The van der Waals surface area contributed by atoms with Crippen LogP contribution in [0.1, 0.15) is 16.7 Å². The van der Waals surface area contributed by atoms with Gasteiger partial charge >= 0.3 is 13.9 Å². The number of phosphoric acid groups is 1. The van der Waals surface area contributed by atoms with Crippen LogP contribution in [0.15, 0.2) is 91.0 Å². The van der Waals surface area contributed by atoms with Crippen LogP contribution in [0, 0.1) is 0 Å². The average molecular weight is 485 g/mol. The second-order valence-electron chi connectivity index (χ2n) is 7.35. The van der Waals surface area contributed by atoms with Crippen molar-refractivity contribution in [3.8, 4) is 0 Å². The summed E-state index contributed by atoms with van der Waals surface area (Å²) in [5.41, 5.74) is 2.40. The van der Waals surface area contributed by atoms with E-state index in [-0.39, 0.29) is 26.4 Å². The first kappa shape index (κ1) is 25.6. The molecule has 0 bridgehead atoms. The summed E-state index contributed by atoms with van der Waals surface area (Å²) in [6.45, 7) is -0.688. The monoisotopic (exact) mass is 485 g/mol. The summed E-state index contributed by atoms with van der Waals surface area (Å²) >= 11 is 0. The van der Waals surface area contributed by atoms with E-state index in [0.29, 0.717) is 0 Å². The maximum Gasteiger partial charge on any atom is 0.475 e. The molecule has 0 saturated heterocycles. The third kappa shape index (κ3) is 9.09. The molecule has 0 heterocycles. The van der Waals surface area contributed by atoms with Crippen molar-refractivity contribution in [1.82, 2.24) is 5.32 Å². The molecule has 0 aliphatic carbocycles. The fourth-order valence-electron chi connectivity index (χ4n) is 2.82. The number of carbonyl (C=O) groups is 1. The normalized spacial score (nSPS) is 12.1. The molecule has 3 aromatic rings. The molecule has 9 heteroatoms. The number of carbonyl (C=O) groups excluding carboxylic acids is 1. The Hall–Kier alpha value is -3.00. The van der Waals surface area contributed by atoms with Crippen molar-refractivity contribution in [3.05, 3.63) is 108 Å². The summed E-state index contributed by atoms with van der Waals surface area (Å²) in [7, 11) is -4.03. The highest BCUT2D eigenvalue weighted by molar-refractivity contribution is 7.48. The molecule has 34 heavy (non-hydrogen) atoms. The van der Waals surface area contributed by atoms with Crippen molar-refractivity contribution in [3.63, 3.8) is 0 Å². The van der Waals surface area contributed by atoms with E-state index in [9.17, 15) is 14.5 Å². The zero-order valence-electron chi connectivity index (χ0n) is 18.6. The van der Waals surface area contributed by atoms with Gasteiger partial charge in [-0.2, -0.15) is 0 Å². The van der Waals surface area contributed by atoms with E-state index in [0.717, 1.165) is 16.7 Å². The summed E-state index contributed by atoms with van der Waals surface area (Å²) in [5, 5.41) is 12.1. The van der Waals surface area contributed by atoms with E-state index in [2.05, 4.69) is 5.32 Å². The number of nitrogens with one attached hydrogen (secondary N) is 1. The molecule has 1 amide bonds. The number of benzene rings is 3. The Labute approximate surface area is 199 Å². The van der Waals surface area contributed by atoms with Gasteiger partial charge < -0.3 is 15.2 Å². The van der Waals surface area contributed by atoms with Gasteiger partial charge in [-0.3, -0.25) is 13.6 Å². The number of hydrogen-bond acceptors (Lipinski definition) is 7. The molecule has 0 aliphatic rings. The number of aliphatic hydroxyl groups excluding tert-OH is 1. The van der Waals surface area contributed by atoms with Crippen molar-refractivity contribution in [2.45, 2.75) is 25.9 Å². The molecule has 0 spiro atoms. The van der Waals surface area contributed by atoms with Crippen LogP contribution in [-0.2, 0) is 42.7 Å². The average Bonchev–Trinajstić information content (AvgIpc) is 2.89. The molecule has 180 valence electrons. The lowest BCUT2D eigenvalue weighted by molar-refractivity contribution is 0.0807. The Bertz CT molecular complexity index is 987. The van der Waals surface area contributed by atoms with E-state index < -0.39 is 26.6 Å². The highest BCUT2D eigenvalue weighted by Gasteiger charge is 2.29. The van der Waals surface area contributed by atoms with E-state index in [1.165, 1.54) is 0 Å². The third-order valence-corrected chi connectivity index (χ3v) is 6.01. The predicted octanol–water partition coefficient (Wildman–Crippen LogP) is 4.83. The third-order valence-electron chi connectivity index (χ3n) is 4.65. The van der Waals surface area contributed by atoms with Crippen molar-refractivity contribution >= 4 is 13.9 Å². The van der Waals surface area contributed by atoms with Gasteiger partial charge in [-0.25, -0.2) is 9.36 Å². The van der Waals surface area contributed by atoms with Gasteiger partial charge in [0.15, 0.2) is 0 Å². The van der Waals surface area contributed by atoms with Crippen LogP contribution in [0.2, 0.25) is 0 Å². The molecule has 1 atom stereocenters. The molecular formula is C25H28NO7P. The highest BCUT2D eigenvalue weighted by Crippen LogP contribution is 2.51. The minimum atomic E-state index is -4.03. The summed E-state index contributed by atoms with van der Waals surface area (Å²) in [6.07, 6.45) is -0.739. The van der Waals surface area contributed by atoms with Crippen molar-refractivity contribution < 1.29 is 32.8 Å². The van der Waals surface area contributed by atoms with Crippen LogP contribution >= 0.6 is 7.82 Å². The maximum atomic E-state index is 13.3. The Morgan fingerprint density at radius 1 is 0.735 bits per heavy atom. The van der Waals surface area contributed by atoms with Gasteiger partial charge in [0, 0.05) is 0 Å².